The molecule has 0 aliphatic heterocycles. The van der Waals surface area contributed by atoms with E-state index in [0.717, 1.165) is 29.2 Å². The summed E-state index contributed by atoms with van der Waals surface area (Å²) in [6, 6.07) is 6.35. The van der Waals surface area contributed by atoms with E-state index in [-0.39, 0.29) is 6.04 Å². The van der Waals surface area contributed by atoms with Crippen molar-refractivity contribution in [2.45, 2.75) is 26.3 Å². The Morgan fingerprint density at radius 2 is 2.28 bits per heavy atom. The van der Waals surface area contributed by atoms with Crippen molar-refractivity contribution in [3.05, 3.63) is 46.2 Å². The summed E-state index contributed by atoms with van der Waals surface area (Å²) < 4.78 is 8.36. The normalized spacial score (nSPS) is 12.6. The van der Waals surface area contributed by atoms with E-state index in [1.54, 1.807) is 0 Å². The van der Waals surface area contributed by atoms with Gasteiger partial charge in [-0.25, -0.2) is 0 Å². The molecule has 1 heterocycles. The average Bonchev–Trinajstić information content (AvgIpc) is 2.85. The summed E-state index contributed by atoms with van der Waals surface area (Å²) in [5.74, 6) is 0. The Labute approximate surface area is 117 Å². The van der Waals surface area contributed by atoms with Gasteiger partial charge in [-0.3, -0.25) is 0 Å². The van der Waals surface area contributed by atoms with Gasteiger partial charge in [0, 0.05) is 5.02 Å². The molecule has 0 bridgehead atoms. The molecule has 0 aliphatic rings. The maximum atomic E-state index is 6.27. The number of rotatable bonds is 5. The fourth-order valence-electron chi connectivity index (χ4n) is 1.89. The predicted octanol–water partition coefficient (Wildman–Crippen LogP) is 3.39. The molecule has 1 aromatic heterocycles. The number of halogens is 1. The zero-order valence-electron chi connectivity index (χ0n) is 10.5. The van der Waals surface area contributed by atoms with Crippen molar-refractivity contribution in [2.75, 3.05) is 6.54 Å². The lowest BCUT2D eigenvalue weighted by Gasteiger charge is -2.16. The zero-order chi connectivity index (χ0) is 13.0. The van der Waals surface area contributed by atoms with Gasteiger partial charge in [0.05, 0.1) is 29.7 Å². The van der Waals surface area contributed by atoms with E-state index < -0.39 is 0 Å². The van der Waals surface area contributed by atoms with Gasteiger partial charge in [0.2, 0.25) is 0 Å². The molecule has 96 valence electrons. The van der Waals surface area contributed by atoms with Gasteiger partial charge in [-0.2, -0.15) is 8.75 Å². The van der Waals surface area contributed by atoms with Gasteiger partial charge in [0.1, 0.15) is 0 Å². The minimum atomic E-state index is 0.175. The second kappa shape index (κ2) is 6.27. The fraction of sp³-hybridized carbons (Fsp3) is 0.385. The van der Waals surface area contributed by atoms with Crippen LogP contribution in [0, 0.1) is 6.92 Å². The van der Waals surface area contributed by atoms with Crippen LogP contribution in [0.15, 0.2) is 24.4 Å². The van der Waals surface area contributed by atoms with E-state index >= 15 is 0 Å². The molecule has 0 saturated heterocycles. The summed E-state index contributed by atoms with van der Waals surface area (Å²) in [5.41, 5.74) is 3.30. The van der Waals surface area contributed by atoms with Crippen molar-refractivity contribution in [1.29, 1.82) is 0 Å². The van der Waals surface area contributed by atoms with E-state index in [4.69, 9.17) is 11.6 Å². The monoisotopic (exact) mass is 281 g/mol. The van der Waals surface area contributed by atoms with Crippen LogP contribution in [0.25, 0.3) is 0 Å². The van der Waals surface area contributed by atoms with Crippen molar-refractivity contribution in [2.24, 2.45) is 0 Å². The number of benzene rings is 1. The fourth-order valence-corrected chi connectivity index (χ4v) is 2.67. The van der Waals surface area contributed by atoms with Crippen LogP contribution in [0.3, 0.4) is 0 Å². The Bertz CT molecular complexity index is 499. The lowest BCUT2D eigenvalue weighted by molar-refractivity contribution is 0.540. The molecule has 2 rings (SSSR count). The van der Waals surface area contributed by atoms with Crippen LogP contribution in [0.4, 0.5) is 0 Å². The van der Waals surface area contributed by atoms with Crippen molar-refractivity contribution in [3.8, 4) is 0 Å². The molecule has 1 atom stereocenters. The molecule has 2 aromatic rings. The SMILES string of the molecule is CCNC(Cc1ccc(C)cc1Cl)c1cnsn1. The third-order valence-electron chi connectivity index (χ3n) is 2.82. The first-order valence-electron chi connectivity index (χ1n) is 5.96. The third kappa shape index (κ3) is 3.28. The standard InChI is InChI=1S/C13H16ClN3S/c1-3-15-12(13-8-16-18-17-13)7-10-5-4-9(2)6-11(10)14/h4-6,8,12,15H,3,7H2,1-2H3. The van der Waals surface area contributed by atoms with Crippen molar-refractivity contribution >= 4 is 23.3 Å². The zero-order valence-corrected chi connectivity index (χ0v) is 12.1. The Kier molecular flexibility index (Phi) is 4.69. The van der Waals surface area contributed by atoms with Crippen LogP contribution in [-0.4, -0.2) is 15.3 Å². The molecule has 5 heteroatoms. The molecule has 1 unspecified atom stereocenters. The van der Waals surface area contributed by atoms with Crippen molar-refractivity contribution in [1.82, 2.24) is 14.1 Å². The van der Waals surface area contributed by atoms with Gasteiger partial charge >= 0.3 is 0 Å². The van der Waals surface area contributed by atoms with Crippen LogP contribution in [0.2, 0.25) is 5.02 Å². The Morgan fingerprint density at radius 1 is 1.44 bits per heavy atom. The molecule has 0 spiro atoms. The molecule has 0 saturated carbocycles. The first kappa shape index (κ1) is 13.5. The highest BCUT2D eigenvalue weighted by Crippen LogP contribution is 2.23. The van der Waals surface area contributed by atoms with E-state index in [2.05, 4.69) is 33.1 Å². The van der Waals surface area contributed by atoms with E-state index in [9.17, 15) is 0 Å². The summed E-state index contributed by atoms with van der Waals surface area (Å²) in [4.78, 5) is 0. The van der Waals surface area contributed by atoms with Crippen molar-refractivity contribution in [3.63, 3.8) is 0 Å². The number of aryl methyl sites for hydroxylation is 1. The third-order valence-corrected chi connectivity index (χ3v) is 3.66. The van der Waals surface area contributed by atoms with Crippen LogP contribution >= 0.6 is 23.3 Å². The molecule has 0 fully saturated rings. The van der Waals surface area contributed by atoms with Gasteiger partial charge in [-0.1, -0.05) is 30.7 Å². The Morgan fingerprint density at radius 3 is 2.89 bits per heavy atom. The van der Waals surface area contributed by atoms with Crippen LogP contribution in [0.1, 0.15) is 29.8 Å². The Hall–Kier alpha value is -0.970. The lowest BCUT2D eigenvalue weighted by atomic mass is 10.0. The maximum absolute atomic E-state index is 6.27. The predicted molar refractivity (Wildman–Crippen MR) is 76.2 cm³/mol. The van der Waals surface area contributed by atoms with Crippen LogP contribution in [-0.2, 0) is 6.42 Å². The summed E-state index contributed by atoms with van der Waals surface area (Å²) in [5, 5.41) is 4.24. The number of likely N-dealkylation sites (N-methyl/N-ethyl adjacent to an activating group) is 1. The number of nitrogens with zero attached hydrogens (tertiary/aromatic N) is 2. The number of hydrogen-bond acceptors (Lipinski definition) is 4. The molecular formula is C13H16ClN3S. The second-order valence-corrected chi connectivity index (χ2v) is 5.21. The quantitative estimate of drug-likeness (QED) is 0.913. The largest absolute Gasteiger partial charge is 0.309 e. The molecule has 18 heavy (non-hydrogen) atoms. The van der Waals surface area contributed by atoms with E-state index in [0.29, 0.717) is 0 Å². The molecule has 0 aliphatic carbocycles. The first-order chi connectivity index (χ1) is 8.70. The highest BCUT2D eigenvalue weighted by atomic mass is 35.5. The molecule has 0 amide bonds. The summed E-state index contributed by atoms with van der Waals surface area (Å²) in [7, 11) is 0. The second-order valence-electron chi connectivity index (χ2n) is 4.24. The van der Waals surface area contributed by atoms with E-state index in [1.165, 1.54) is 17.3 Å². The molecule has 3 nitrogen and oxygen atoms in total. The molecule has 0 radical (unpaired) electrons. The first-order valence-corrected chi connectivity index (χ1v) is 7.07. The van der Waals surface area contributed by atoms with Gasteiger partial charge in [0.15, 0.2) is 0 Å². The number of hydrogen-bond donors (Lipinski definition) is 1. The summed E-state index contributed by atoms with van der Waals surface area (Å²) in [6.45, 7) is 5.02. The molecule has 1 aromatic carbocycles. The highest BCUT2D eigenvalue weighted by Gasteiger charge is 2.15. The highest BCUT2D eigenvalue weighted by molar-refractivity contribution is 6.99. The number of aromatic nitrogens is 2. The Balaban J connectivity index is 2.18. The van der Waals surface area contributed by atoms with Crippen LogP contribution in [0.5, 0.6) is 0 Å². The molecule has 1 N–H and O–H groups in total. The smallest absolute Gasteiger partial charge is 0.0915 e. The summed E-state index contributed by atoms with van der Waals surface area (Å²) >= 11 is 7.51. The summed E-state index contributed by atoms with van der Waals surface area (Å²) in [6.07, 6.45) is 2.65. The number of nitrogens with one attached hydrogen (secondary N) is 1. The van der Waals surface area contributed by atoms with Gasteiger partial charge in [-0.05, 0) is 37.1 Å². The minimum Gasteiger partial charge on any atom is -0.309 e. The minimum absolute atomic E-state index is 0.175. The van der Waals surface area contributed by atoms with Gasteiger partial charge in [-0.15, -0.1) is 0 Å². The topological polar surface area (TPSA) is 37.8 Å². The van der Waals surface area contributed by atoms with Gasteiger partial charge in [0.25, 0.3) is 0 Å². The average molecular weight is 282 g/mol. The van der Waals surface area contributed by atoms with Gasteiger partial charge < -0.3 is 5.32 Å². The maximum Gasteiger partial charge on any atom is 0.0915 e. The van der Waals surface area contributed by atoms with Crippen molar-refractivity contribution < 1.29 is 0 Å². The van der Waals surface area contributed by atoms with E-state index in [1.807, 2.05) is 19.2 Å². The lowest BCUT2D eigenvalue weighted by Crippen LogP contribution is -2.23. The molecular weight excluding hydrogens is 266 g/mol. The van der Waals surface area contributed by atoms with Crippen LogP contribution < -0.4 is 5.32 Å².